The molecule has 0 aromatic rings. The van der Waals surface area contributed by atoms with Crippen LogP contribution in [0.2, 0.25) is 0 Å². The standard InChI is InChI=1S/C9H20N2O.C2H2O4.H3N.Pt/c1-8(2)5-7(10)6-9(3,4)11(8)12;3-1(4)2(5)6;;/h7,12H,5-6,10H2,1-4H3;(H,3,4)(H,5,6);1H3;/q;;;+2/p-2. The molecule has 0 bridgehead atoms. The van der Waals surface area contributed by atoms with Crippen LogP contribution in [0.15, 0.2) is 0 Å². The van der Waals surface area contributed by atoms with Crippen LogP contribution in [0.1, 0.15) is 40.5 Å². The molecule has 1 aliphatic heterocycles. The van der Waals surface area contributed by atoms with Gasteiger partial charge in [-0.25, -0.2) is 0 Å². The molecule has 0 radical (unpaired) electrons. The molecule has 0 unspecified atom stereocenters. The monoisotopic (exact) mass is 472 g/mol. The third-order valence-corrected chi connectivity index (χ3v) is 2.84. The number of nitrogens with zero attached hydrogens (tertiary/aromatic N) is 1. The first-order valence-electron chi connectivity index (χ1n) is 5.57. The van der Waals surface area contributed by atoms with Crippen LogP contribution in [0, 0.1) is 0 Å². The van der Waals surface area contributed by atoms with Gasteiger partial charge in [-0.2, -0.15) is 5.06 Å². The fourth-order valence-corrected chi connectivity index (χ4v) is 2.35. The number of hydroxylamine groups is 2. The van der Waals surface area contributed by atoms with Crippen LogP contribution in [0.3, 0.4) is 0 Å². The van der Waals surface area contributed by atoms with E-state index in [9.17, 15) is 5.21 Å². The van der Waals surface area contributed by atoms with Crippen LogP contribution in [0.4, 0.5) is 0 Å². The third kappa shape index (κ3) is 7.30. The van der Waals surface area contributed by atoms with Gasteiger partial charge < -0.3 is 36.9 Å². The summed E-state index contributed by atoms with van der Waals surface area (Å²) in [5, 5.41) is 29.2. The van der Waals surface area contributed by atoms with Gasteiger partial charge in [-0.1, -0.05) is 0 Å². The number of carbonyl (C=O) groups excluding carboxylic acids is 2. The van der Waals surface area contributed by atoms with E-state index in [2.05, 4.69) is 0 Å². The van der Waals surface area contributed by atoms with E-state index in [1.807, 2.05) is 27.7 Å². The summed E-state index contributed by atoms with van der Waals surface area (Å²) < 4.78 is 0. The molecule has 1 saturated heterocycles. The Labute approximate surface area is 133 Å². The van der Waals surface area contributed by atoms with Gasteiger partial charge in [0, 0.05) is 17.1 Å². The summed E-state index contributed by atoms with van der Waals surface area (Å²) >= 11 is 0. The van der Waals surface area contributed by atoms with Crippen molar-refractivity contribution in [3.05, 3.63) is 0 Å². The molecule has 1 heterocycles. The number of rotatable bonds is 0. The second-order valence-electron chi connectivity index (χ2n) is 5.68. The molecular formula is C11H23N3O5Pt. The minimum atomic E-state index is -2.19. The van der Waals surface area contributed by atoms with Gasteiger partial charge >= 0.3 is 21.1 Å². The van der Waals surface area contributed by atoms with Crippen LogP contribution < -0.4 is 22.1 Å². The maximum Gasteiger partial charge on any atom is 2.00 e. The number of carboxylic acid groups (broad SMARTS) is 2. The Morgan fingerprint density at radius 2 is 1.35 bits per heavy atom. The number of carbonyl (C=O) groups is 2. The Hall–Kier alpha value is -0.532. The van der Waals surface area contributed by atoms with E-state index in [0.29, 0.717) is 0 Å². The van der Waals surface area contributed by atoms with Crippen molar-refractivity contribution in [3.63, 3.8) is 0 Å². The van der Waals surface area contributed by atoms with Gasteiger partial charge in [-0.15, -0.1) is 0 Å². The van der Waals surface area contributed by atoms with Crippen molar-refractivity contribution in [2.24, 2.45) is 5.73 Å². The third-order valence-electron chi connectivity index (χ3n) is 2.84. The molecule has 9 heteroatoms. The van der Waals surface area contributed by atoms with Crippen molar-refractivity contribution in [2.75, 3.05) is 0 Å². The molecule has 1 aliphatic rings. The topological polar surface area (TPSA) is 165 Å². The molecule has 1 rings (SSSR count). The number of carboxylic acids is 2. The molecule has 0 atom stereocenters. The van der Waals surface area contributed by atoms with E-state index in [0.717, 1.165) is 12.8 Å². The first-order valence-corrected chi connectivity index (χ1v) is 5.57. The Morgan fingerprint density at radius 3 is 1.55 bits per heavy atom. The maximum atomic E-state index is 9.86. The summed E-state index contributed by atoms with van der Waals surface area (Å²) in [6.07, 6.45) is 1.71. The Kier molecular flexibility index (Phi) is 10.6. The molecule has 122 valence electrons. The minimum Gasteiger partial charge on any atom is -0.543 e. The Morgan fingerprint density at radius 1 is 1.10 bits per heavy atom. The summed E-state index contributed by atoms with van der Waals surface area (Å²) in [6.45, 7) is 8.09. The quantitative estimate of drug-likeness (QED) is 0.341. The summed E-state index contributed by atoms with van der Waals surface area (Å²) in [5.41, 5.74) is 5.52. The van der Waals surface area contributed by atoms with E-state index < -0.39 is 11.9 Å². The van der Waals surface area contributed by atoms with Crippen molar-refractivity contribution < 1.29 is 46.1 Å². The van der Waals surface area contributed by atoms with E-state index in [4.69, 9.17) is 25.5 Å². The predicted octanol–water partition coefficient (Wildman–Crippen LogP) is -2.00. The summed E-state index contributed by atoms with van der Waals surface area (Å²) in [5.74, 6) is -4.37. The SMILES string of the molecule is CC1(C)CC(N)CC(C)(C)N1O.N.O=C([O-])C(=O)[O-].[Pt+2]. The van der Waals surface area contributed by atoms with Gasteiger partial charge in [-0.3, -0.25) is 0 Å². The van der Waals surface area contributed by atoms with Crippen LogP contribution >= 0.6 is 0 Å². The zero-order chi connectivity index (χ0) is 14.7. The van der Waals surface area contributed by atoms with Gasteiger partial charge in [0.2, 0.25) is 0 Å². The van der Waals surface area contributed by atoms with Crippen molar-refractivity contribution in [1.29, 1.82) is 0 Å². The summed E-state index contributed by atoms with van der Waals surface area (Å²) in [6, 6.07) is 0.207. The van der Waals surface area contributed by atoms with Crippen LogP contribution in [-0.2, 0) is 30.7 Å². The fraction of sp³-hybridized carbons (Fsp3) is 0.818. The minimum absolute atomic E-state index is 0. The first-order chi connectivity index (χ1) is 7.90. The van der Waals surface area contributed by atoms with E-state index in [1.165, 1.54) is 5.06 Å². The zero-order valence-corrected chi connectivity index (χ0v) is 14.4. The van der Waals surface area contributed by atoms with E-state index in [1.54, 1.807) is 0 Å². The van der Waals surface area contributed by atoms with Crippen LogP contribution in [0.25, 0.3) is 0 Å². The fourth-order valence-electron chi connectivity index (χ4n) is 2.35. The van der Waals surface area contributed by atoms with Gasteiger partial charge in [-0.05, 0) is 40.5 Å². The molecule has 1 fully saturated rings. The van der Waals surface area contributed by atoms with Crippen molar-refractivity contribution in [2.45, 2.75) is 57.7 Å². The van der Waals surface area contributed by atoms with Crippen LogP contribution in [-0.4, -0.2) is 39.3 Å². The van der Waals surface area contributed by atoms with Gasteiger partial charge in [0.15, 0.2) is 0 Å². The predicted molar refractivity (Wildman–Crippen MR) is 64.0 cm³/mol. The number of hydrogen-bond donors (Lipinski definition) is 3. The molecular weight excluding hydrogens is 449 g/mol. The molecule has 8 nitrogen and oxygen atoms in total. The maximum absolute atomic E-state index is 9.86. The van der Waals surface area contributed by atoms with Crippen molar-refractivity contribution >= 4 is 11.9 Å². The second-order valence-corrected chi connectivity index (χ2v) is 5.68. The number of piperidine rings is 1. The summed E-state index contributed by atoms with van der Waals surface area (Å²) in [4.78, 5) is 17.9. The van der Waals surface area contributed by atoms with Gasteiger partial charge in [0.25, 0.3) is 0 Å². The summed E-state index contributed by atoms with van der Waals surface area (Å²) in [7, 11) is 0. The molecule has 0 aliphatic carbocycles. The number of hydrogen-bond acceptors (Lipinski definition) is 8. The molecule has 20 heavy (non-hydrogen) atoms. The zero-order valence-electron chi connectivity index (χ0n) is 12.1. The molecule has 0 amide bonds. The normalized spacial score (nSPS) is 20.5. The molecule has 0 aromatic heterocycles. The Balaban J connectivity index is -0.000000316. The average molecular weight is 472 g/mol. The molecule has 6 N–H and O–H groups in total. The largest absolute Gasteiger partial charge is 2.00 e. The van der Waals surface area contributed by atoms with Gasteiger partial charge in [0.1, 0.15) is 0 Å². The van der Waals surface area contributed by atoms with Crippen molar-refractivity contribution in [3.8, 4) is 0 Å². The van der Waals surface area contributed by atoms with E-state index in [-0.39, 0.29) is 44.3 Å². The number of nitrogens with two attached hydrogens (primary N) is 1. The molecule has 0 spiro atoms. The smallest absolute Gasteiger partial charge is 0.543 e. The van der Waals surface area contributed by atoms with Crippen LogP contribution in [0.5, 0.6) is 0 Å². The molecule has 0 aromatic carbocycles. The average Bonchev–Trinajstić information content (AvgIpc) is 2.13. The van der Waals surface area contributed by atoms with Gasteiger partial charge in [0.05, 0.1) is 11.9 Å². The van der Waals surface area contributed by atoms with Crippen molar-refractivity contribution in [1.82, 2.24) is 11.2 Å². The first kappa shape index (κ1) is 24.5. The number of aliphatic carboxylic acids is 2. The van der Waals surface area contributed by atoms with E-state index >= 15 is 0 Å². The molecule has 0 saturated carbocycles. The Bertz CT molecular complexity index is 306. The second kappa shape index (κ2) is 8.69.